The van der Waals surface area contributed by atoms with E-state index in [0.717, 1.165) is 0 Å². The van der Waals surface area contributed by atoms with E-state index in [2.05, 4.69) is 0 Å². The zero-order chi connectivity index (χ0) is 22.9. The summed E-state index contributed by atoms with van der Waals surface area (Å²) in [6.07, 6.45) is -5.24. The van der Waals surface area contributed by atoms with E-state index >= 15 is 0 Å². The molecule has 2 aromatic rings. The van der Waals surface area contributed by atoms with Crippen molar-refractivity contribution in [1.82, 2.24) is 0 Å². The number of ether oxygens (including phenoxy) is 1. The number of alkyl halides is 3. The second kappa shape index (κ2) is 8.53. The minimum absolute atomic E-state index is 0.0348. The first kappa shape index (κ1) is 23.5. The van der Waals surface area contributed by atoms with Gasteiger partial charge in [0.25, 0.3) is 0 Å². The third-order valence-corrected chi connectivity index (χ3v) is 3.81. The van der Waals surface area contributed by atoms with Gasteiger partial charge in [0, 0.05) is 12.1 Å². The first-order valence-corrected chi connectivity index (χ1v) is 8.71. The lowest BCUT2D eigenvalue weighted by molar-refractivity contribution is -0.154. The van der Waals surface area contributed by atoms with Crippen molar-refractivity contribution in [3.05, 3.63) is 58.7 Å². The summed E-state index contributed by atoms with van der Waals surface area (Å²) in [5.74, 6) is -9.91. The molecule has 0 atom stereocenters. The Hall–Kier alpha value is -2.78. The molecule has 0 aliphatic carbocycles. The van der Waals surface area contributed by atoms with Gasteiger partial charge >= 0.3 is 12.1 Å². The van der Waals surface area contributed by atoms with E-state index in [0.29, 0.717) is 12.0 Å². The Morgan fingerprint density at radius 3 is 1.83 bits per heavy atom. The SMILES string of the molecule is CC(C)(C)OC(=O)CCc1ccc(Nc2c(F)c(F)c(C(F)(F)F)c(F)c2F)cc1. The highest BCUT2D eigenvalue weighted by molar-refractivity contribution is 5.70. The predicted octanol–water partition coefficient (Wildman–Crippen LogP) is 6.28. The molecule has 0 saturated carbocycles. The van der Waals surface area contributed by atoms with E-state index in [-0.39, 0.29) is 12.1 Å². The van der Waals surface area contributed by atoms with Crippen molar-refractivity contribution >= 4 is 17.3 Å². The Bertz CT molecular complexity index is 903. The van der Waals surface area contributed by atoms with E-state index < -0.39 is 52.3 Å². The summed E-state index contributed by atoms with van der Waals surface area (Å²) in [5.41, 5.74) is -4.05. The van der Waals surface area contributed by atoms with E-state index in [1.165, 1.54) is 24.3 Å². The molecule has 0 aliphatic rings. The summed E-state index contributed by atoms with van der Waals surface area (Å²) >= 11 is 0. The van der Waals surface area contributed by atoms with Gasteiger partial charge in [-0.2, -0.15) is 13.2 Å². The molecule has 10 heteroatoms. The third-order valence-electron chi connectivity index (χ3n) is 3.81. The predicted molar refractivity (Wildman–Crippen MR) is 95.2 cm³/mol. The maximum Gasteiger partial charge on any atom is 0.422 e. The first-order chi connectivity index (χ1) is 13.7. The molecule has 30 heavy (non-hydrogen) atoms. The summed E-state index contributed by atoms with van der Waals surface area (Å²) in [7, 11) is 0. The Balaban J connectivity index is 2.17. The Morgan fingerprint density at radius 1 is 0.900 bits per heavy atom. The summed E-state index contributed by atoms with van der Waals surface area (Å²) in [4.78, 5) is 11.7. The molecule has 0 saturated heterocycles. The number of nitrogens with one attached hydrogen (secondary N) is 1. The number of benzene rings is 2. The molecule has 2 rings (SSSR count). The maximum atomic E-state index is 13.9. The zero-order valence-electron chi connectivity index (χ0n) is 16.2. The molecule has 3 nitrogen and oxygen atoms in total. The molecule has 164 valence electrons. The number of hydrogen-bond donors (Lipinski definition) is 1. The second-order valence-corrected chi connectivity index (χ2v) is 7.41. The van der Waals surface area contributed by atoms with Gasteiger partial charge in [-0.3, -0.25) is 4.79 Å². The fourth-order valence-corrected chi connectivity index (χ4v) is 2.53. The lowest BCUT2D eigenvalue weighted by atomic mass is 10.1. The van der Waals surface area contributed by atoms with Crippen molar-refractivity contribution in [1.29, 1.82) is 0 Å². The molecular weight excluding hydrogens is 419 g/mol. The Morgan fingerprint density at radius 2 is 1.40 bits per heavy atom. The summed E-state index contributed by atoms with van der Waals surface area (Å²) in [6, 6.07) is 5.52. The molecular formula is C20H18F7NO2. The molecule has 0 heterocycles. The molecule has 0 aromatic heterocycles. The van der Waals surface area contributed by atoms with Gasteiger partial charge in [-0.15, -0.1) is 0 Å². The topological polar surface area (TPSA) is 38.3 Å². The van der Waals surface area contributed by atoms with Crippen LogP contribution in [0.5, 0.6) is 0 Å². The number of hydrogen-bond acceptors (Lipinski definition) is 3. The van der Waals surface area contributed by atoms with Crippen molar-refractivity contribution in [2.45, 2.75) is 45.4 Å². The standard InChI is InChI=1S/C20H18F7NO2/c1-19(2,3)30-12(29)9-6-10-4-7-11(8-5-10)28-18-16(23)14(21)13(20(25,26)27)15(22)17(18)24/h4-5,7-8,28H,6,9H2,1-3H3. The fraction of sp³-hybridized carbons (Fsp3) is 0.350. The largest absolute Gasteiger partial charge is 0.460 e. The number of aryl methyl sites for hydroxylation is 1. The highest BCUT2D eigenvalue weighted by atomic mass is 19.4. The smallest absolute Gasteiger partial charge is 0.422 e. The van der Waals surface area contributed by atoms with Gasteiger partial charge in [0.2, 0.25) is 0 Å². The Labute approximate surface area is 167 Å². The van der Waals surface area contributed by atoms with Gasteiger partial charge in [-0.1, -0.05) is 12.1 Å². The second-order valence-electron chi connectivity index (χ2n) is 7.41. The molecule has 0 amide bonds. The molecule has 0 radical (unpaired) electrons. The summed E-state index contributed by atoms with van der Waals surface area (Å²) in [5, 5.41) is 2.03. The van der Waals surface area contributed by atoms with Crippen LogP contribution in [0.2, 0.25) is 0 Å². The van der Waals surface area contributed by atoms with Crippen molar-refractivity contribution in [3.63, 3.8) is 0 Å². The van der Waals surface area contributed by atoms with Crippen LogP contribution in [-0.4, -0.2) is 11.6 Å². The molecule has 0 spiro atoms. The quantitative estimate of drug-likeness (QED) is 0.340. The van der Waals surface area contributed by atoms with E-state index in [1.54, 1.807) is 20.8 Å². The average molecular weight is 437 g/mol. The van der Waals surface area contributed by atoms with Crippen LogP contribution >= 0.6 is 0 Å². The van der Waals surface area contributed by atoms with E-state index in [9.17, 15) is 35.5 Å². The number of esters is 1. The lowest BCUT2D eigenvalue weighted by Gasteiger charge is -2.19. The van der Waals surface area contributed by atoms with Gasteiger partial charge in [-0.05, 0) is 44.9 Å². The average Bonchev–Trinajstić information content (AvgIpc) is 2.60. The zero-order valence-corrected chi connectivity index (χ0v) is 16.2. The number of anilines is 2. The molecule has 0 aliphatic heterocycles. The maximum absolute atomic E-state index is 13.9. The number of carbonyl (C=O) groups is 1. The molecule has 1 N–H and O–H groups in total. The van der Waals surface area contributed by atoms with E-state index in [1.807, 2.05) is 5.32 Å². The normalized spacial score (nSPS) is 12.1. The molecule has 0 fully saturated rings. The Kier molecular flexibility index (Phi) is 6.68. The number of halogens is 7. The van der Waals surface area contributed by atoms with Crippen molar-refractivity contribution in [2.24, 2.45) is 0 Å². The minimum atomic E-state index is -5.61. The van der Waals surface area contributed by atoms with Crippen molar-refractivity contribution < 1.29 is 40.3 Å². The fourth-order valence-electron chi connectivity index (χ4n) is 2.53. The van der Waals surface area contributed by atoms with Crippen LogP contribution in [0.3, 0.4) is 0 Å². The van der Waals surface area contributed by atoms with Crippen molar-refractivity contribution in [2.75, 3.05) is 5.32 Å². The van der Waals surface area contributed by atoms with E-state index in [4.69, 9.17) is 4.74 Å². The summed E-state index contributed by atoms with van der Waals surface area (Å²) in [6.45, 7) is 5.16. The number of rotatable bonds is 5. The highest BCUT2D eigenvalue weighted by Gasteiger charge is 2.42. The van der Waals surface area contributed by atoms with Crippen LogP contribution in [0, 0.1) is 23.3 Å². The molecule has 2 aromatic carbocycles. The summed E-state index contributed by atoms with van der Waals surface area (Å²) < 4.78 is 98.3. The molecule has 0 unspecified atom stereocenters. The van der Waals surface area contributed by atoms with Gasteiger partial charge in [0.15, 0.2) is 23.3 Å². The highest BCUT2D eigenvalue weighted by Crippen LogP contribution is 2.39. The van der Waals surface area contributed by atoms with Crippen LogP contribution in [0.25, 0.3) is 0 Å². The third kappa shape index (κ3) is 5.64. The molecule has 0 bridgehead atoms. The van der Waals surface area contributed by atoms with Crippen LogP contribution < -0.4 is 5.32 Å². The number of carbonyl (C=O) groups excluding carboxylic acids is 1. The first-order valence-electron chi connectivity index (χ1n) is 8.71. The van der Waals surface area contributed by atoms with Crippen LogP contribution in [0.4, 0.5) is 42.1 Å². The van der Waals surface area contributed by atoms with Gasteiger partial charge in [0.1, 0.15) is 16.9 Å². The van der Waals surface area contributed by atoms with Crippen LogP contribution in [0.15, 0.2) is 24.3 Å². The van der Waals surface area contributed by atoms with Crippen molar-refractivity contribution in [3.8, 4) is 0 Å². The van der Waals surface area contributed by atoms with Gasteiger partial charge in [0.05, 0.1) is 0 Å². The lowest BCUT2D eigenvalue weighted by Crippen LogP contribution is -2.23. The van der Waals surface area contributed by atoms with Crippen LogP contribution in [-0.2, 0) is 22.1 Å². The van der Waals surface area contributed by atoms with Gasteiger partial charge < -0.3 is 10.1 Å². The van der Waals surface area contributed by atoms with Gasteiger partial charge in [-0.25, -0.2) is 17.6 Å². The minimum Gasteiger partial charge on any atom is -0.460 e. The monoisotopic (exact) mass is 437 g/mol. The van der Waals surface area contributed by atoms with Crippen LogP contribution in [0.1, 0.15) is 38.3 Å².